The Bertz CT molecular complexity index is 1220. The van der Waals surface area contributed by atoms with E-state index in [1.165, 1.54) is 0 Å². The number of esters is 1. The van der Waals surface area contributed by atoms with Gasteiger partial charge in [0, 0.05) is 18.7 Å². The van der Waals surface area contributed by atoms with E-state index < -0.39 is 17.4 Å². The Hall–Kier alpha value is -3.74. The minimum absolute atomic E-state index is 0.0282. The van der Waals surface area contributed by atoms with Crippen LogP contribution in [0.25, 0.3) is 0 Å². The molecule has 1 amide bonds. The first-order valence-corrected chi connectivity index (χ1v) is 11.3. The summed E-state index contributed by atoms with van der Waals surface area (Å²) >= 11 is 0. The van der Waals surface area contributed by atoms with Crippen molar-refractivity contribution in [2.24, 2.45) is 16.8 Å². The van der Waals surface area contributed by atoms with Crippen LogP contribution in [0.2, 0.25) is 0 Å². The molecule has 0 radical (unpaired) electrons. The molecule has 1 spiro atoms. The van der Waals surface area contributed by atoms with E-state index in [4.69, 9.17) is 9.73 Å². The number of imidazole rings is 1. The highest BCUT2D eigenvalue weighted by atomic mass is 16.5. The highest BCUT2D eigenvalue weighted by molar-refractivity contribution is 6.02. The third kappa shape index (κ3) is 3.26. The summed E-state index contributed by atoms with van der Waals surface area (Å²) in [6.07, 6.45) is 5.88. The lowest BCUT2D eigenvalue weighted by Gasteiger charge is -2.29. The molecule has 3 aliphatic rings. The van der Waals surface area contributed by atoms with Crippen LogP contribution in [0.5, 0.6) is 0 Å². The van der Waals surface area contributed by atoms with Gasteiger partial charge in [0.05, 0.1) is 43.3 Å². The normalized spacial score (nSPS) is 28.0. The zero-order valence-electron chi connectivity index (χ0n) is 18.1. The molecular weight excluding hydrogens is 416 g/mol. The highest BCUT2D eigenvalue weighted by Gasteiger charge is 2.66. The number of ether oxygens (including phenoxy) is 1. The quantitative estimate of drug-likeness (QED) is 0.572. The number of fused-ring (bicyclic) bond motifs is 1. The third-order valence-corrected chi connectivity index (χ3v) is 7.10. The van der Waals surface area contributed by atoms with Crippen molar-refractivity contribution in [1.82, 2.24) is 14.5 Å². The molecule has 3 heterocycles. The van der Waals surface area contributed by atoms with Crippen molar-refractivity contribution in [3.05, 3.63) is 90.0 Å². The Labute approximate surface area is 191 Å². The Morgan fingerprint density at radius 1 is 0.970 bits per heavy atom. The van der Waals surface area contributed by atoms with Crippen LogP contribution >= 0.6 is 0 Å². The molecule has 2 aromatic carbocycles. The molecule has 0 unspecified atom stereocenters. The molecule has 6 rings (SSSR count). The van der Waals surface area contributed by atoms with Gasteiger partial charge in [-0.15, -0.1) is 0 Å². The fourth-order valence-electron chi connectivity index (χ4n) is 5.62. The zero-order chi connectivity index (χ0) is 22.4. The molecule has 0 N–H and O–H groups in total. The number of aromatic nitrogens is 2. The maximum atomic E-state index is 13.8. The first-order chi connectivity index (χ1) is 16.1. The van der Waals surface area contributed by atoms with E-state index in [9.17, 15) is 9.59 Å². The van der Waals surface area contributed by atoms with E-state index in [1.807, 2.05) is 59.3 Å². The van der Waals surface area contributed by atoms with Gasteiger partial charge in [0.15, 0.2) is 5.54 Å². The predicted molar refractivity (Wildman–Crippen MR) is 121 cm³/mol. The fraction of sp³-hybridized carbons (Fsp3) is 0.308. The summed E-state index contributed by atoms with van der Waals surface area (Å²) in [7, 11) is 0. The van der Waals surface area contributed by atoms with Crippen LogP contribution in [0.1, 0.15) is 29.2 Å². The van der Waals surface area contributed by atoms with Gasteiger partial charge in [0.1, 0.15) is 0 Å². The summed E-state index contributed by atoms with van der Waals surface area (Å²) in [5.41, 5.74) is 1.92. The molecule has 2 aliphatic heterocycles. The summed E-state index contributed by atoms with van der Waals surface area (Å²) in [4.78, 5) is 37.6. The number of aliphatic imine (C=N–C) groups is 1. The molecule has 7 heteroatoms. The largest absolute Gasteiger partial charge is 0.465 e. The Kier molecular flexibility index (Phi) is 4.64. The standard InChI is InChI=1S/C26H24N4O3/c31-24-22-20(15-33-24)11-26(25(32)30(17-28-26)13-19-9-5-2-6-10-19)23(22)21-14-29(16-27-21)12-18-7-3-1-4-8-18/h1-10,14,16-17,20,22-23H,11-13,15H2/t20-,22+,23+,26-/m1/s1. The summed E-state index contributed by atoms with van der Waals surface area (Å²) in [6, 6.07) is 20.0. The minimum Gasteiger partial charge on any atom is -0.465 e. The average Bonchev–Trinajstić information content (AvgIpc) is 3.58. The van der Waals surface area contributed by atoms with Gasteiger partial charge in [-0.3, -0.25) is 19.5 Å². The fourth-order valence-corrected chi connectivity index (χ4v) is 5.62. The van der Waals surface area contributed by atoms with E-state index in [2.05, 4.69) is 17.1 Å². The molecular formula is C26H24N4O3. The van der Waals surface area contributed by atoms with Gasteiger partial charge in [-0.1, -0.05) is 60.7 Å². The van der Waals surface area contributed by atoms with Crippen LogP contribution in [0, 0.1) is 11.8 Å². The van der Waals surface area contributed by atoms with Crippen LogP contribution in [0.4, 0.5) is 0 Å². The van der Waals surface area contributed by atoms with E-state index >= 15 is 0 Å². The summed E-state index contributed by atoms with van der Waals surface area (Å²) < 4.78 is 7.38. The maximum Gasteiger partial charge on any atom is 0.310 e. The molecule has 2 fully saturated rings. The number of carbonyl (C=O) groups excluding carboxylic acids is 2. The number of rotatable bonds is 5. The van der Waals surface area contributed by atoms with E-state index in [-0.39, 0.29) is 17.8 Å². The van der Waals surface area contributed by atoms with Gasteiger partial charge in [-0.2, -0.15) is 0 Å². The van der Waals surface area contributed by atoms with Crippen LogP contribution < -0.4 is 0 Å². The van der Waals surface area contributed by atoms with Crippen molar-refractivity contribution in [2.45, 2.75) is 31.0 Å². The molecule has 0 bridgehead atoms. The predicted octanol–water partition coefficient (Wildman–Crippen LogP) is 3.02. The Balaban J connectivity index is 1.32. The van der Waals surface area contributed by atoms with Crippen molar-refractivity contribution in [1.29, 1.82) is 0 Å². The third-order valence-electron chi connectivity index (χ3n) is 7.10. The topological polar surface area (TPSA) is 76.8 Å². The molecule has 166 valence electrons. The Morgan fingerprint density at radius 2 is 1.67 bits per heavy atom. The average molecular weight is 441 g/mol. The molecule has 1 saturated heterocycles. The molecule has 4 atom stereocenters. The van der Waals surface area contributed by atoms with Gasteiger partial charge in [0.25, 0.3) is 5.91 Å². The summed E-state index contributed by atoms with van der Waals surface area (Å²) in [5, 5.41) is 0. The van der Waals surface area contributed by atoms with E-state index in [0.717, 1.165) is 16.8 Å². The van der Waals surface area contributed by atoms with Crippen molar-refractivity contribution < 1.29 is 14.3 Å². The lowest BCUT2D eigenvalue weighted by Crippen LogP contribution is -2.44. The maximum absolute atomic E-state index is 13.8. The highest BCUT2D eigenvalue weighted by Crippen LogP contribution is 2.56. The van der Waals surface area contributed by atoms with Gasteiger partial charge in [-0.25, -0.2) is 4.98 Å². The second-order valence-corrected chi connectivity index (χ2v) is 9.14. The van der Waals surface area contributed by atoms with E-state index in [1.54, 1.807) is 17.6 Å². The lowest BCUT2D eigenvalue weighted by atomic mass is 9.80. The van der Waals surface area contributed by atoms with Crippen molar-refractivity contribution in [3.8, 4) is 0 Å². The molecule has 3 aromatic rings. The molecule has 33 heavy (non-hydrogen) atoms. The summed E-state index contributed by atoms with van der Waals surface area (Å²) in [5.74, 6) is -1.17. The smallest absolute Gasteiger partial charge is 0.310 e. The monoisotopic (exact) mass is 440 g/mol. The van der Waals surface area contributed by atoms with Gasteiger partial charge in [-0.05, 0) is 17.5 Å². The van der Waals surface area contributed by atoms with E-state index in [0.29, 0.717) is 26.1 Å². The Morgan fingerprint density at radius 3 is 2.39 bits per heavy atom. The number of carbonyl (C=O) groups is 2. The van der Waals surface area contributed by atoms with Crippen LogP contribution in [0.15, 0.2) is 78.2 Å². The van der Waals surface area contributed by atoms with Gasteiger partial charge in [0.2, 0.25) is 0 Å². The van der Waals surface area contributed by atoms with Crippen LogP contribution in [-0.2, 0) is 27.4 Å². The van der Waals surface area contributed by atoms with Crippen molar-refractivity contribution in [2.75, 3.05) is 6.61 Å². The number of cyclic esters (lactones) is 1. The molecule has 7 nitrogen and oxygen atoms in total. The van der Waals surface area contributed by atoms with Crippen molar-refractivity contribution >= 4 is 18.2 Å². The number of amides is 1. The first-order valence-electron chi connectivity index (χ1n) is 11.3. The second kappa shape index (κ2) is 7.69. The number of hydrogen-bond acceptors (Lipinski definition) is 5. The SMILES string of the molecule is O=C1OC[C@H]2C[C@@]3(N=CN(Cc4ccccc4)C3=O)[C@@H](c3cn(Cc4ccccc4)cn3)[C@@H]12. The van der Waals surface area contributed by atoms with Crippen LogP contribution in [-0.4, -0.2) is 44.8 Å². The van der Waals surface area contributed by atoms with Gasteiger partial charge < -0.3 is 9.30 Å². The number of hydrogen-bond donors (Lipinski definition) is 0. The number of nitrogens with zero attached hydrogens (tertiary/aromatic N) is 4. The lowest BCUT2D eigenvalue weighted by molar-refractivity contribution is -0.142. The zero-order valence-corrected chi connectivity index (χ0v) is 18.1. The summed E-state index contributed by atoms with van der Waals surface area (Å²) in [6.45, 7) is 1.47. The molecule has 1 saturated carbocycles. The second-order valence-electron chi connectivity index (χ2n) is 9.14. The van der Waals surface area contributed by atoms with Crippen LogP contribution in [0.3, 0.4) is 0 Å². The minimum atomic E-state index is -1.00. The number of benzene rings is 2. The first kappa shape index (κ1) is 19.9. The van der Waals surface area contributed by atoms with Gasteiger partial charge >= 0.3 is 5.97 Å². The van der Waals surface area contributed by atoms with Crippen molar-refractivity contribution in [3.63, 3.8) is 0 Å². The molecule has 1 aromatic heterocycles. The molecule has 1 aliphatic carbocycles.